The highest BCUT2D eigenvalue weighted by molar-refractivity contribution is 6.31. The Morgan fingerprint density at radius 1 is 1.16 bits per heavy atom. The molecule has 0 spiro atoms. The van der Waals surface area contributed by atoms with E-state index in [0.717, 1.165) is 15.7 Å². The molecule has 7 heteroatoms. The fourth-order valence-electron chi connectivity index (χ4n) is 3.49. The Morgan fingerprint density at radius 3 is 2.50 bits per heavy atom. The topological polar surface area (TPSA) is 92.3 Å². The predicted molar refractivity (Wildman–Crippen MR) is 123 cm³/mol. The highest BCUT2D eigenvalue weighted by Crippen LogP contribution is 2.28. The van der Waals surface area contributed by atoms with E-state index in [4.69, 9.17) is 16.3 Å². The summed E-state index contributed by atoms with van der Waals surface area (Å²) in [6.07, 6.45) is -0.960. The molecule has 0 aliphatic heterocycles. The highest BCUT2D eigenvalue weighted by Gasteiger charge is 2.28. The van der Waals surface area contributed by atoms with Crippen molar-refractivity contribution >= 4 is 17.4 Å². The maximum Gasteiger partial charge on any atom is 0.271 e. The molecule has 2 aromatic carbocycles. The summed E-state index contributed by atoms with van der Waals surface area (Å²) in [5.41, 5.74) is 1.57. The van der Waals surface area contributed by atoms with Gasteiger partial charge in [-0.3, -0.25) is 14.2 Å². The molecule has 0 amide bonds. The van der Waals surface area contributed by atoms with Gasteiger partial charge in [-0.15, -0.1) is 0 Å². The van der Waals surface area contributed by atoms with Crippen molar-refractivity contribution in [1.82, 2.24) is 4.57 Å². The van der Waals surface area contributed by atoms with Crippen LogP contribution in [0, 0.1) is 32.1 Å². The Bertz CT molecular complexity index is 1300. The molecular weight excluding hydrogens is 428 g/mol. The van der Waals surface area contributed by atoms with Crippen LogP contribution in [0.4, 0.5) is 0 Å². The number of hydrogen-bond acceptors (Lipinski definition) is 5. The van der Waals surface area contributed by atoms with Gasteiger partial charge in [0, 0.05) is 5.02 Å². The number of rotatable bonds is 6. The van der Waals surface area contributed by atoms with E-state index in [9.17, 15) is 20.0 Å². The van der Waals surface area contributed by atoms with Crippen LogP contribution < -0.4 is 10.3 Å². The lowest BCUT2D eigenvalue weighted by atomic mass is 9.99. The third-order valence-electron chi connectivity index (χ3n) is 5.56. The number of carbonyl (C=O) groups is 1. The normalized spacial score (nSPS) is 11.6. The number of nitriles is 1. The molecule has 1 aromatic heterocycles. The largest absolute Gasteiger partial charge is 0.494 e. The highest BCUT2D eigenvalue weighted by atomic mass is 35.5. The minimum atomic E-state index is -0.960. The van der Waals surface area contributed by atoms with Crippen LogP contribution in [0.3, 0.4) is 0 Å². The minimum absolute atomic E-state index is 0.0915. The van der Waals surface area contributed by atoms with E-state index in [0.29, 0.717) is 16.3 Å². The molecule has 0 saturated heterocycles. The summed E-state index contributed by atoms with van der Waals surface area (Å²) in [4.78, 5) is 26.2. The van der Waals surface area contributed by atoms with E-state index in [2.05, 4.69) is 0 Å². The summed E-state index contributed by atoms with van der Waals surface area (Å²) < 4.78 is 6.87. The standard InChI is InChI=1S/C25H23ClN2O4/c1-14-8-7-11-21(15(14)2)32-17(4)23(29)22-16(3)19(12-27)24(30)28(25(22)31)13-18-9-5-6-10-20(18)26/h5-11,17,31H,13H2,1-4H3. The summed E-state index contributed by atoms with van der Waals surface area (Å²) in [7, 11) is 0. The van der Waals surface area contributed by atoms with Gasteiger partial charge in [-0.05, 0) is 62.1 Å². The number of Topliss-reactive ketones (excluding diaryl/α,β-unsaturated/α-hetero) is 1. The molecule has 3 rings (SSSR count). The summed E-state index contributed by atoms with van der Waals surface area (Å²) in [6.45, 7) is 6.78. The number of benzene rings is 2. The zero-order valence-electron chi connectivity index (χ0n) is 18.3. The number of hydrogen-bond donors (Lipinski definition) is 1. The smallest absolute Gasteiger partial charge is 0.271 e. The van der Waals surface area contributed by atoms with Gasteiger partial charge >= 0.3 is 0 Å². The van der Waals surface area contributed by atoms with Gasteiger partial charge in [0.25, 0.3) is 5.56 Å². The summed E-state index contributed by atoms with van der Waals surface area (Å²) in [5.74, 6) is -0.508. The van der Waals surface area contributed by atoms with Crippen molar-refractivity contribution in [3.63, 3.8) is 0 Å². The summed E-state index contributed by atoms with van der Waals surface area (Å²) in [5, 5.41) is 20.9. The Balaban J connectivity index is 2.08. The van der Waals surface area contributed by atoms with Crippen LogP contribution in [0.2, 0.25) is 5.02 Å². The first kappa shape index (κ1) is 23.1. The van der Waals surface area contributed by atoms with Crippen LogP contribution >= 0.6 is 11.6 Å². The number of carbonyl (C=O) groups excluding carboxylic acids is 1. The SMILES string of the molecule is Cc1cccc(OC(C)C(=O)c2c(C)c(C#N)c(=O)n(Cc3ccccc3Cl)c2O)c1C. The van der Waals surface area contributed by atoms with Crippen molar-refractivity contribution in [1.29, 1.82) is 5.26 Å². The van der Waals surface area contributed by atoms with Crippen LogP contribution in [0.5, 0.6) is 11.6 Å². The lowest BCUT2D eigenvalue weighted by Crippen LogP contribution is -2.31. The second-order valence-corrected chi connectivity index (χ2v) is 8.02. The van der Waals surface area contributed by atoms with Gasteiger partial charge in [-0.2, -0.15) is 5.26 Å². The van der Waals surface area contributed by atoms with Crippen LogP contribution in [-0.4, -0.2) is 21.6 Å². The Hall–Kier alpha value is -3.56. The summed E-state index contributed by atoms with van der Waals surface area (Å²) >= 11 is 6.21. The number of pyridine rings is 1. The molecule has 0 radical (unpaired) electrons. The van der Waals surface area contributed by atoms with Crippen LogP contribution in [-0.2, 0) is 6.54 Å². The number of aryl methyl sites for hydroxylation is 1. The van der Waals surface area contributed by atoms with Crippen molar-refractivity contribution < 1.29 is 14.6 Å². The zero-order chi connectivity index (χ0) is 23.6. The molecule has 0 aliphatic rings. The van der Waals surface area contributed by atoms with Crippen molar-refractivity contribution in [2.45, 2.75) is 40.3 Å². The van der Waals surface area contributed by atoms with Gasteiger partial charge < -0.3 is 9.84 Å². The van der Waals surface area contributed by atoms with Crippen LogP contribution in [0.25, 0.3) is 0 Å². The molecule has 0 saturated carbocycles. The van der Waals surface area contributed by atoms with Gasteiger partial charge in [0.15, 0.2) is 6.10 Å². The van der Waals surface area contributed by atoms with E-state index in [1.54, 1.807) is 37.3 Å². The lowest BCUT2D eigenvalue weighted by Gasteiger charge is -2.20. The first-order chi connectivity index (χ1) is 15.2. The molecule has 1 N–H and O–H groups in total. The molecule has 0 fully saturated rings. The van der Waals surface area contributed by atoms with Gasteiger partial charge in [0.05, 0.1) is 12.1 Å². The van der Waals surface area contributed by atoms with E-state index in [1.807, 2.05) is 32.0 Å². The first-order valence-corrected chi connectivity index (χ1v) is 10.4. The van der Waals surface area contributed by atoms with Crippen LogP contribution in [0.15, 0.2) is 47.3 Å². The lowest BCUT2D eigenvalue weighted by molar-refractivity contribution is 0.0811. The average Bonchev–Trinajstić information content (AvgIpc) is 2.76. The van der Waals surface area contributed by atoms with E-state index in [1.165, 1.54) is 6.92 Å². The Kier molecular flexibility index (Phi) is 6.71. The molecule has 3 aromatic rings. The average molecular weight is 451 g/mol. The maximum atomic E-state index is 13.3. The molecule has 32 heavy (non-hydrogen) atoms. The molecule has 0 bridgehead atoms. The summed E-state index contributed by atoms with van der Waals surface area (Å²) in [6, 6.07) is 14.2. The predicted octanol–water partition coefficient (Wildman–Crippen LogP) is 4.70. The molecular formula is C25H23ClN2O4. The number of nitrogens with zero attached hydrogens (tertiary/aromatic N) is 2. The van der Waals surface area contributed by atoms with Crippen LogP contribution in [0.1, 0.15) is 45.1 Å². The fourth-order valence-corrected chi connectivity index (χ4v) is 3.68. The molecule has 1 heterocycles. The van der Waals surface area contributed by atoms with Crippen molar-refractivity contribution in [2.24, 2.45) is 0 Å². The van der Waals surface area contributed by atoms with E-state index in [-0.39, 0.29) is 23.2 Å². The maximum absolute atomic E-state index is 13.3. The Labute approximate surface area is 191 Å². The van der Waals surface area contributed by atoms with E-state index < -0.39 is 23.3 Å². The third kappa shape index (κ3) is 4.25. The molecule has 164 valence electrons. The number of aromatic nitrogens is 1. The van der Waals surface area contributed by atoms with Gasteiger partial charge in [0.2, 0.25) is 11.7 Å². The number of ether oxygens (including phenoxy) is 1. The molecule has 6 nitrogen and oxygen atoms in total. The van der Waals surface area contributed by atoms with E-state index >= 15 is 0 Å². The second-order valence-electron chi connectivity index (χ2n) is 7.62. The molecule has 1 atom stereocenters. The first-order valence-electron chi connectivity index (χ1n) is 10.0. The van der Waals surface area contributed by atoms with Crippen molar-refractivity contribution in [3.8, 4) is 17.7 Å². The second kappa shape index (κ2) is 9.29. The van der Waals surface area contributed by atoms with Crippen molar-refractivity contribution in [2.75, 3.05) is 0 Å². The fraction of sp³-hybridized carbons (Fsp3) is 0.240. The number of aromatic hydroxyl groups is 1. The monoisotopic (exact) mass is 450 g/mol. The molecule has 1 unspecified atom stereocenters. The number of ketones is 1. The Morgan fingerprint density at radius 2 is 1.84 bits per heavy atom. The van der Waals surface area contributed by atoms with Gasteiger partial charge in [-0.1, -0.05) is 41.9 Å². The quantitative estimate of drug-likeness (QED) is 0.549. The zero-order valence-corrected chi connectivity index (χ0v) is 19.0. The van der Waals surface area contributed by atoms with Gasteiger partial charge in [-0.25, -0.2) is 0 Å². The minimum Gasteiger partial charge on any atom is -0.494 e. The molecule has 0 aliphatic carbocycles. The third-order valence-corrected chi connectivity index (χ3v) is 5.93. The van der Waals surface area contributed by atoms with Gasteiger partial charge in [0.1, 0.15) is 17.4 Å². The van der Waals surface area contributed by atoms with Crippen molar-refractivity contribution in [3.05, 3.63) is 91.2 Å². The number of halogens is 1.